The van der Waals surface area contributed by atoms with Gasteiger partial charge in [0, 0.05) is 18.2 Å². The van der Waals surface area contributed by atoms with Crippen molar-refractivity contribution in [2.45, 2.75) is 19.4 Å². The smallest absolute Gasteiger partial charge is 0.240 e. The minimum Gasteiger partial charge on any atom is -0.240 e. The van der Waals surface area contributed by atoms with Crippen molar-refractivity contribution >= 4 is 43.0 Å². The zero-order valence-corrected chi connectivity index (χ0v) is 21.2. The molecule has 9 heteroatoms. The van der Waals surface area contributed by atoms with Crippen molar-refractivity contribution in [2.75, 3.05) is 6.26 Å². The number of sulfonamides is 1. The summed E-state index contributed by atoms with van der Waals surface area (Å²) in [4.78, 5) is 0.962. The maximum Gasteiger partial charge on any atom is 0.247 e. The Balaban J connectivity index is 1.63. The molecule has 0 saturated carbocycles. The molecule has 6 nitrogen and oxygen atoms in total. The number of hydrogen-bond acceptors (Lipinski definition) is 5. The minimum atomic E-state index is -3.60. The quantitative estimate of drug-likeness (QED) is 0.322. The lowest BCUT2D eigenvalue weighted by atomic mass is 9.98. The van der Waals surface area contributed by atoms with Crippen LogP contribution in [0.1, 0.15) is 29.2 Å². The fourth-order valence-corrected chi connectivity index (χ4v) is 6.21. The second kappa shape index (κ2) is 8.55. The molecule has 0 N–H and O–H groups in total. The van der Waals surface area contributed by atoms with E-state index in [1.165, 1.54) is 10.7 Å². The molecule has 0 radical (unpaired) electrons. The number of hydrogen-bond donors (Lipinski definition) is 0. The SMILES string of the molecule is Cc1ccc(C2=NN(S(C)(=O)=O)C(c3cn(-c4ccccc4)nc3-c3ccc(Br)s3)C2)cc1. The molecule has 0 bridgehead atoms. The summed E-state index contributed by atoms with van der Waals surface area (Å²) < 4.78 is 29.6. The van der Waals surface area contributed by atoms with Gasteiger partial charge in [0.1, 0.15) is 5.69 Å². The van der Waals surface area contributed by atoms with Gasteiger partial charge >= 0.3 is 0 Å². The highest BCUT2D eigenvalue weighted by molar-refractivity contribution is 9.11. The summed E-state index contributed by atoms with van der Waals surface area (Å²) in [5, 5.41) is 9.43. The summed E-state index contributed by atoms with van der Waals surface area (Å²) in [6.07, 6.45) is 3.59. The summed E-state index contributed by atoms with van der Waals surface area (Å²) in [5.41, 5.74) is 5.30. The van der Waals surface area contributed by atoms with E-state index in [1.54, 1.807) is 11.3 Å². The van der Waals surface area contributed by atoms with Gasteiger partial charge in [-0.05, 0) is 52.7 Å². The highest BCUT2D eigenvalue weighted by Crippen LogP contribution is 2.41. The molecular weight excluding hydrogens is 520 g/mol. The first-order valence-electron chi connectivity index (χ1n) is 10.3. The van der Waals surface area contributed by atoms with E-state index in [1.807, 2.05) is 84.5 Å². The molecule has 168 valence electrons. The van der Waals surface area contributed by atoms with Gasteiger partial charge in [-0.1, -0.05) is 48.0 Å². The van der Waals surface area contributed by atoms with Crippen molar-refractivity contribution in [1.29, 1.82) is 0 Å². The van der Waals surface area contributed by atoms with Crippen LogP contribution >= 0.6 is 27.3 Å². The van der Waals surface area contributed by atoms with E-state index in [0.717, 1.165) is 42.4 Å². The Morgan fingerprint density at radius 3 is 2.39 bits per heavy atom. The van der Waals surface area contributed by atoms with E-state index >= 15 is 0 Å². The van der Waals surface area contributed by atoms with Gasteiger partial charge in [-0.3, -0.25) is 0 Å². The van der Waals surface area contributed by atoms with Crippen molar-refractivity contribution in [1.82, 2.24) is 14.2 Å². The molecule has 2 aromatic heterocycles. The predicted molar refractivity (Wildman–Crippen MR) is 136 cm³/mol. The van der Waals surface area contributed by atoms with Crippen LogP contribution in [-0.4, -0.2) is 34.6 Å². The maximum atomic E-state index is 12.8. The molecule has 2 aromatic carbocycles. The lowest BCUT2D eigenvalue weighted by Gasteiger charge is -2.20. The van der Waals surface area contributed by atoms with Crippen LogP contribution in [0.3, 0.4) is 0 Å². The molecule has 1 atom stereocenters. The third-order valence-electron chi connectivity index (χ3n) is 5.53. The van der Waals surface area contributed by atoms with Crippen molar-refractivity contribution in [3.05, 3.63) is 93.4 Å². The molecule has 33 heavy (non-hydrogen) atoms. The van der Waals surface area contributed by atoms with Gasteiger partial charge in [-0.15, -0.1) is 11.3 Å². The first-order chi connectivity index (χ1) is 15.8. The van der Waals surface area contributed by atoms with Gasteiger partial charge < -0.3 is 0 Å². The van der Waals surface area contributed by atoms with Crippen molar-refractivity contribution in [2.24, 2.45) is 5.10 Å². The monoisotopic (exact) mass is 540 g/mol. The Labute approximate surface area is 205 Å². The summed E-state index contributed by atoms with van der Waals surface area (Å²) in [6, 6.07) is 21.3. The summed E-state index contributed by atoms with van der Waals surface area (Å²) in [5.74, 6) is 0. The van der Waals surface area contributed by atoms with E-state index in [4.69, 9.17) is 5.10 Å². The van der Waals surface area contributed by atoms with Gasteiger partial charge in [0.15, 0.2) is 0 Å². The van der Waals surface area contributed by atoms with Crippen LogP contribution in [0.5, 0.6) is 0 Å². The molecule has 1 unspecified atom stereocenters. The molecule has 1 aliphatic rings. The fraction of sp³-hybridized carbons (Fsp3) is 0.167. The minimum absolute atomic E-state index is 0.468. The Morgan fingerprint density at radius 2 is 1.76 bits per heavy atom. The van der Waals surface area contributed by atoms with E-state index in [2.05, 4.69) is 21.0 Å². The molecule has 0 aliphatic carbocycles. The Kier molecular flexibility index (Phi) is 5.72. The van der Waals surface area contributed by atoms with Gasteiger partial charge in [-0.25, -0.2) is 13.1 Å². The molecule has 3 heterocycles. The average Bonchev–Trinajstić information content (AvgIpc) is 3.52. The maximum absolute atomic E-state index is 12.8. The second-order valence-corrected chi connectivity index (χ2v) is 12.3. The van der Waals surface area contributed by atoms with Crippen LogP contribution in [-0.2, 0) is 10.0 Å². The Bertz CT molecular complexity index is 1440. The van der Waals surface area contributed by atoms with E-state index < -0.39 is 16.1 Å². The van der Waals surface area contributed by atoms with E-state index in [9.17, 15) is 8.42 Å². The van der Waals surface area contributed by atoms with Gasteiger partial charge in [0.05, 0.1) is 32.4 Å². The summed E-state index contributed by atoms with van der Waals surface area (Å²) in [6.45, 7) is 2.02. The fourth-order valence-electron chi connectivity index (χ4n) is 3.92. The second-order valence-electron chi connectivity index (χ2n) is 7.99. The number of nitrogens with zero attached hydrogens (tertiary/aromatic N) is 4. The first kappa shape index (κ1) is 22.1. The molecule has 0 amide bonds. The largest absolute Gasteiger partial charge is 0.247 e. The van der Waals surface area contributed by atoms with Crippen LogP contribution in [0.4, 0.5) is 0 Å². The highest BCUT2D eigenvalue weighted by atomic mass is 79.9. The molecule has 4 aromatic rings. The lowest BCUT2D eigenvalue weighted by Crippen LogP contribution is -2.26. The zero-order chi connectivity index (χ0) is 23.2. The third-order valence-corrected chi connectivity index (χ3v) is 8.17. The Morgan fingerprint density at radius 1 is 1.03 bits per heavy atom. The van der Waals surface area contributed by atoms with Crippen molar-refractivity contribution in [3.63, 3.8) is 0 Å². The number of thiophene rings is 1. The van der Waals surface area contributed by atoms with Gasteiger partial charge in [0.2, 0.25) is 10.0 Å². The third kappa shape index (κ3) is 4.40. The zero-order valence-electron chi connectivity index (χ0n) is 18.0. The predicted octanol–water partition coefficient (Wildman–Crippen LogP) is 5.78. The van der Waals surface area contributed by atoms with Crippen molar-refractivity contribution in [3.8, 4) is 16.3 Å². The van der Waals surface area contributed by atoms with Crippen LogP contribution < -0.4 is 0 Å². The number of hydrazone groups is 1. The van der Waals surface area contributed by atoms with Crippen LogP contribution in [0, 0.1) is 6.92 Å². The number of halogens is 1. The van der Waals surface area contributed by atoms with Gasteiger partial charge in [-0.2, -0.15) is 14.6 Å². The molecular formula is C24H21BrN4O2S2. The summed E-state index contributed by atoms with van der Waals surface area (Å²) >= 11 is 5.10. The lowest BCUT2D eigenvalue weighted by molar-refractivity contribution is 0.375. The number of benzene rings is 2. The molecule has 0 spiro atoms. The van der Waals surface area contributed by atoms with Gasteiger partial charge in [0.25, 0.3) is 0 Å². The first-order valence-corrected chi connectivity index (χ1v) is 13.8. The number of rotatable bonds is 5. The van der Waals surface area contributed by atoms with E-state index in [0.29, 0.717) is 6.42 Å². The van der Waals surface area contributed by atoms with Crippen molar-refractivity contribution < 1.29 is 8.42 Å². The topological polar surface area (TPSA) is 67.6 Å². The van der Waals surface area contributed by atoms with Crippen LogP contribution in [0.15, 0.2) is 81.8 Å². The Hall–Kier alpha value is -2.75. The number of aryl methyl sites for hydroxylation is 1. The van der Waals surface area contributed by atoms with E-state index in [-0.39, 0.29) is 0 Å². The van der Waals surface area contributed by atoms with Crippen LogP contribution in [0.2, 0.25) is 0 Å². The average molecular weight is 541 g/mol. The normalized spacial score (nSPS) is 16.3. The molecule has 0 fully saturated rings. The molecule has 0 saturated heterocycles. The molecule has 1 aliphatic heterocycles. The molecule has 5 rings (SSSR count). The summed E-state index contributed by atoms with van der Waals surface area (Å²) in [7, 11) is -3.60. The standard InChI is InChI=1S/C24H21BrN4O2S2/c1-16-8-10-17(11-9-16)20-14-21(29(26-20)33(2,30)31)19-15-28(18-6-4-3-5-7-18)27-24(19)22-12-13-23(25)32-22/h3-13,15,21H,14H2,1-2H3. The number of para-hydroxylation sites is 1. The highest BCUT2D eigenvalue weighted by Gasteiger charge is 2.37. The number of aromatic nitrogens is 2. The van der Waals surface area contributed by atoms with Crippen LogP contribution in [0.25, 0.3) is 16.3 Å².